The number of aromatic nitrogens is 2. The first-order valence-electron chi connectivity index (χ1n) is 4.73. The Morgan fingerprint density at radius 3 is 2.71 bits per heavy atom. The first kappa shape index (κ1) is 11.1. The number of hydrogen-bond donors (Lipinski definition) is 1. The van der Waals surface area contributed by atoms with Crippen molar-refractivity contribution in [2.75, 3.05) is 5.73 Å². The van der Waals surface area contributed by atoms with Gasteiger partial charge in [-0.15, -0.1) is 0 Å². The number of aryl methyl sites for hydroxylation is 1. The molecule has 0 aliphatic heterocycles. The largest absolute Gasteiger partial charge is 0.384 e. The minimum Gasteiger partial charge on any atom is -0.384 e. The molecule has 2 rings (SSSR count). The minimum atomic E-state index is -0.663. The molecule has 17 heavy (non-hydrogen) atoms. The van der Waals surface area contributed by atoms with E-state index in [1.165, 1.54) is 16.8 Å². The highest BCUT2D eigenvalue weighted by atomic mass is 19.1. The van der Waals surface area contributed by atoms with Crippen molar-refractivity contribution in [2.45, 2.75) is 0 Å². The van der Waals surface area contributed by atoms with Crippen molar-refractivity contribution >= 4 is 11.5 Å². The van der Waals surface area contributed by atoms with Crippen LogP contribution in [0.1, 0.15) is 0 Å². The highest BCUT2D eigenvalue weighted by molar-refractivity contribution is 5.72. The van der Waals surface area contributed by atoms with Crippen LogP contribution in [0.3, 0.4) is 0 Å². The standard InChI is InChI=1S/C10H9FN4O2/c1-14-10(12)5-8(13-14)7-3-2-6(11)4-9(7)15(16)17/h2-5H,12H2,1H3. The second kappa shape index (κ2) is 3.85. The lowest BCUT2D eigenvalue weighted by Crippen LogP contribution is -1.97. The van der Waals surface area contributed by atoms with Crippen LogP contribution in [-0.4, -0.2) is 14.7 Å². The fraction of sp³-hybridized carbons (Fsp3) is 0.100. The van der Waals surface area contributed by atoms with Gasteiger partial charge in [-0.3, -0.25) is 14.8 Å². The average Bonchev–Trinajstić information content (AvgIpc) is 2.59. The van der Waals surface area contributed by atoms with Crippen LogP contribution in [0, 0.1) is 15.9 Å². The summed E-state index contributed by atoms with van der Waals surface area (Å²) in [4.78, 5) is 10.2. The minimum absolute atomic E-state index is 0.240. The number of anilines is 1. The zero-order valence-corrected chi connectivity index (χ0v) is 8.92. The summed E-state index contributed by atoms with van der Waals surface area (Å²) >= 11 is 0. The molecule has 2 aromatic rings. The summed E-state index contributed by atoms with van der Waals surface area (Å²) in [5, 5.41) is 14.8. The molecule has 0 saturated heterocycles. The fourth-order valence-corrected chi connectivity index (χ4v) is 1.49. The molecule has 88 valence electrons. The monoisotopic (exact) mass is 236 g/mol. The molecule has 0 radical (unpaired) electrons. The molecule has 0 aliphatic rings. The van der Waals surface area contributed by atoms with Crippen molar-refractivity contribution in [3.63, 3.8) is 0 Å². The maximum absolute atomic E-state index is 13.0. The topological polar surface area (TPSA) is 87.0 Å². The predicted molar refractivity (Wildman–Crippen MR) is 59.7 cm³/mol. The van der Waals surface area contributed by atoms with Gasteiger partial charge in [-0.25, -0.2) is 4.39 Å². The number of rotatable bonds is 2. The van der Waals surface area contributed by atoms with Gasteiger partial charge in [0.25, 0.3) is 5.69 Å². The van der Waals surface area contributed by atoms with E-state index in [1.54, 1.807) is 7.05 Å². The molecule has 0 fully saturated rings. The molecular formula is C10H9FN4O2. The van der Waals surface area contributed by atoms with E-state index < -0.39 is 10.7 Å². The van der Waals surface area contributed by atoms with E-state index in [2.05, 4.69) is 5.10 Å². The second-order valence-electron chi connectivity index (χ2n) is 3.50. The van der Waals surface area contributed by atoms with Gasteiger partial charge in [0, 0.05) is 13.1 Å². The molecule has 2 N–H and O–H groups in total. The number of hydrogen-bond acceptors (Lipinski definition) is 4. The maximum Gasteiger partial charge on any atom is 0.281 e. The molecule has 0 bridgehead atoms. The molecule has 1 heterocycles. The molecule has 0 unspecified atom stereocenters. The lowest BCUT2D eigenvalue weighted by atomic mass is 10.1. The Morgan fingerprint density at radius 1 is 1.47 bits per heavy atom. The molecule has 0 atom stereocenters. The Hall–Kier alpha value is -2.44. The number of nitro groups is 1. The van der Waals surface area contributed by atoms with Crippen molar-refractivity contribution in [3.8, 4) is 11.3 Å². The van der Waals surface area contributed by atoms with Gasteiger partial charge in [-0.2, -0.15) is 5.10 Å². The summed E-state index contributed by atoms with van der Waals surface area (Å²) in [5.74, 6) is -0.289. The zero-order chi connectivity index (χ0) is 12.6. The number of nitrogen functional groups attached to an aromatic ring is 1. The van der Waals surface area contributed by atoms with Crippen LogP contribution in [0.4, 0.5) is 15.9 Å². The van der Waals surface area contributed by atoms with Gasteiger partial charge in [0.1, 0.15) is 17.3 Å². The maximum atomic E-state index is 13.0. The van der Waals surface area contributed by atoms with Gasteiger partial charge in [-0.05, 0) is 12.1 Å². The van der Waals surface area contributed by atoms with Gasteiger partial charge >= 0.3 is 0 Å². The van der Waals surface area contributed by atoms with E-state index in [1.807, 2.05) is 0 Å². The number of nitrogens with two attached hydrogens (primary N) is 1. The van der Waals surface area contributed by atoms with Crippen LogP contribution in [0.25, 0.3) is 11.3 Å². The molecule has 0 amide bonds. The Labute approximate surface area is 95.6 Å². The fourth-order valence-electron chi connectivity index (χ4n) is 1.49. The highest BCUT2D eigenvalue weighted by Crippen LogP contribution is 2.30. The number of nitrogens with zero attached hydrogens (tertiary/aromatic N) is 3. The second-order valence-corrected chi connectivity index (χ2v) is 3.50. The van der Waals surface area contributed by atoms with Crippen molar-refractivity contribution in [1.82, 2.24) is 9.78 Å². The number of nitro benzene ring substituents is 1. The van der Waals surface area contributed by atoms with Gasteiger partial charge in [0.2, 0.25) is 0 Å². The van der Waals surface area contributed by atoms with Crippen LogP contribution in [-0.2, 0) is 7.05 Å². The van der Waals surface area contributed by atoms with E-state index in [9.17, 15) is 14.5 Å². The van der Waals surface area contributed by atoms with Crippen LogP contribution in [0.15, 0.2) is 24.3 Å². The summed E-state index contributed by atoms with van der Waals surface area (Å²) in [6, 6.07) is 4.82. The molecule has 1 aromatic carbocycles. The summed E-state index contributed by atoms with van der Waals surface area (Å²) in [7, 11) is 1.62. The van der Waals surface area contributed by atoms with Crippen LogP contribution in [0.5, 0.6) is 0 Å². The first-order valence-corrected chi connectivity index (χ1v) is 4.73. The third-order valence-corrected chi connectivity index (χ3v) is 2.35. The molecule has 6 nitrogen and oxygen atoms in total. The van der Waals surface area contributed by atoms with E-state index in [-0.39, 0.29) is 11.3 Å². The average molecular weight is 236 g/mol. The van der Waals surface area contributed by atoms with E-state index in [0.717, 1.165) is 12.1 Å². The summed E-state index contributed by atoms with van der Waals surface area (Å²) in [6.07, 6.45) is 0. The van der Waals surface area contributed by atoms with E-state index in [4.69, 9.17) is 5.73 Å². The quantitative estimate of drug-likeness (QED) is 0.635. The lowest BCUT2D eigenvalue weighted by Gasteiger charge is -1.99. The molecular weight excluding hydrogens is 227 g/mol. The van der Waals surface area contributed by atoms with Gasteiger partial charge in [0.15, 0.2) is 0 Å². The normalized spacial score (nSPS) is 10.5. The molecule has 0 aliphatic carbocycles. The predicted octanol–water partition coefficient (Wildman–Crippen LogP) is 1.72. The van der Waals surface area contributed by atoms with Crippen molar-refractivity contribution < 1.29 is 9.31 Å². The smallest absolute Gasteiger partial charge is 0.281 e. The Balaban J connectivity index is 2.62. The third kappa shape index (κ3) is 1.94. The third-order valence-electron chi connectivity index (χ3n) is 2.35. The van der Waals surface area contributed by atoms with Gasteiger partial charge in [-0.1, -0.05) is 0 Å². The van der Waals surface area contributed by atoms with Crippen LogP contribution < -0.4 is 5.73 Å². The van der Waals surface area contributed by atoms with Crippen molar-refractivity contribution in [2.24, 2.45) is 7.05 Å². The first-order chi connectivity index (χ1) is 7.99. The zero-order valence-electron chi connectivity index (χ0n) is 8.92. The highest BCUT2D eigenvalue weighted by Gasteiger charge is 2.18. The molecule has 0 saturated carbocycles. The van der Waals surface area contributed by atoms with E-state index >= 15 is 0 Å². The molecule has 0 spiro atoms. The molecule has 7 heteroatoms. The van der Waals surface area contributed by atoms with Crippen molar-refractivity contribution in [3.05, 3.63) is 40.2 Å². The SMILES string of the molecule is Cn1nc(-c2ccc(F)cc2[N+](=O)[O-])cc1N. The van der Waals surface area contributed by atoms with Crippen LogP contribution >= 0.6 is 0 Å². The Bertz CT molecular complexity index is 574. The van der Waals surface area contributed by atoms with Crippen LogP contribution in [0.2, 0.25) is 0 Å². The summed E-state index contributed by atoms with van der Waals surface area (Å²) < 4.78 is 14.3. The summed E-state index contributed by atoms with van der Waals surface area (Å²) in [6.45, 7) is 0. The Morgan fingerprint density at radius 2 is 2.18 bits per heavy atom. The summed E-state index contributed by atoms with van der Waals surface area (Å²) in [5.41, 5.74) is 5.84. The number of benzene rings is 1. The van der Waals surface area contributed by atoms with Gasteiger partial charge in [0.05, 0.1) is 16.6 Å². The van der Waals surface area contributed by atoms with E-state index in [0.29, 0.717) is 11.5 Å². The Kier molecular flexibility index (Phi) is 2.51. The number of halogens is 1. The van der Waals surface area contributed by atoms with Crippen molar-refractivity contribution in [1.29, 1.82) is 0 Å². The van der Waals surface area contributed by atoms with Gasteiger partial charge < -0.3 is 5.73 Å². The lowest BCUT2D eigenvalue weighted by molar-refractivity contribution is -0.384. The molecule has 1 aromatic heterocycles.